The van der Waals surface area contributed by atoms with Gasteiger partial charge in [-0.1, -0.05) is 43.6 Å². The minimum absolute atomic E-state index is 0.0730. The van der Waals surface area contributed by atoms with E-state index in [1.165, 1.54) is 14.2 Å². The van der Waals surface area contributed by atoms with Gasteiger partial charge in [0.2, 0.25) is 0 Å². The van der Waals surface area contributed by atoms with Crippen molar-refractivity contribution in [1.29, 1.82) is 0 Å². The Morgan fingerprint density at radius 2 is 1.55 bits per heavy atom. The van der Waals surface area contributed by atoms with Crippen molar-refractivity contribution in [2.45, 2.75) is 26.7 Å². The third-order valence-electron chi connectivity index (χ3n) is 6.31. The zero-order valence-electron chi connectivity index (χ0n) is 21.6. The molecule has 0 bridgehead atoms. The Hall–Kier alpha value is -4.30. The van der Waals surface area contributed by atoms with Crippen molar-refractivity contribution in [2.24, 2.45) is 0 Å². The van der Waals surface area contributed by atoms with Gasteiger partial charge >= 0.3 is 0 Å². The minimum Gasteiger partial charge on any atom is -0.497 e. The van der Waals surface area contributed by atoms with E-state index in [1.54, 1.807) is 42.5 Å². The molecule has 0 aliphatic carbocycles. The molecule has 8 nitrogen and oxygen atoms in total. The van der Waals surface area contributed by atoms with Gasteiger partial charge in [-0.3, -0.25) is 14.4 Å². The van der Waals surface area contributed by atoms with Gasteiger partial charge in [0.25, 0.3) is 17.7 Å². The molecular weight excluding hydrogens is 506 g/mol. The Morgan fingerprint density at radius 3 is 2.13 bits per heavy atom. The zero-order chi connectivity index (χ0) is 27.4. The first kappa shape index (κ1) is 26.8. The Balaban J connectivity index is 1.52. The molecule has 0 saturated heterocycles. The fraction of sp³-hybridized carbons (Fsp3) is 0.207. The summed E-state index contributed by atoms with van der Waals surface area (Å²) in [5.74, 6) is -0.763. The molecule has 1 aliphatic rings. The van der Waals surface area contributed by atoms with Gasteiger partial charge in [-0.05, 0) is 60.4 Å². The summed E-state index contributed by atoms with van der Waals surface area (Å²) in [7, 11) is 2.93. The molecule has 9 heteroatoms. The number of benzene rings is 3. The fourth-order valence-electron chi connectivity index (χ4n) is 4.24. The van der Waals surface area contributed by atoms with E-state index in [0.717, 1.165) is 34.6 Å². The summed E-state index contributed by atoms with van der Waals surface area (Å²) in [6.07, 6.45) is 1.60. The van der Waals surface area contributed by atoms with Crippen LogP contribution in [0.25, 0.3) is 0 Å². The third kappa shape index (κ3) is 5.08. The SMILES string of the molecule is CCc1cccc(CC)c1NC(=O)c1ccc(NC2=C(Cl)C(=O)N(c3ccc(OC)cc3OC)C2=O)cc1. The van der Waals surface area contributed by atoms with Crippen LogP contribution in [0, 0.1) is 0 Å². The van der Waals surface area contributed by atoms with E-state index in [-0.39, 0.29) is 28.1 Å². The van der Waals surface area contributed by atoms with Crippen molar-refractivity contribution in [3.63, 3.8) is 0 Å². The monoisotopic (exact) mass is 533 g/mol. The number of aryl methyl sites for hydroxylation is 2. The lowest BCUT2D eigenvalue weighted by Gasteiger charge is -2.18. The standard InChI is InChI=1S/C29H28ClN3O5/c1-5-17-8-7-9-18(6-2)25(17)32-27(34)19-10-12-20(13-11-19)31-26-24(30)28(35)33(29(26)36)22-15-14-21(37-3)16-23(22)38-4/h7-16,31H,5-6H2,1-4H3,(H,32,34). The normalized spacial score (nSPS) is 13.1. The molecule has 4 rings (SSSR count). The maximum atomic E-state index is 13.2. The van der Waals surface area contributed by atoms with Crippen molar-refractivity contribution < 1.29 is 23.9 Å². The summed E-state index contributed by atoms with van der Waals surface area (Å²) < 4.78 is 10.5. The molecule has 0 fully saturated rings. The first-order chi connectivity index (χ1) is 18.3. The number of nitrogens with one attached hydrogen (secondary N) is 2. The molecule has 0 radical (unpaired) electrons. The highest BCUT2D eigenvalue weighted by Crippen LogP contribution is 2.37. The first-order valence-electron chi connectivity index (χ1n) is 12.1. The van der Waals surface area contributed by atoms with Crippen LogP contribution >= 0.6 is 11.6 Å². The van der Waals surface area contributed by atoms with E-state index in [1.807, 2.05) is 32.0 Å². The van der Waals surface area contributed by atoms with Crippen LogP contribution in [0.2, 0.25) is 0 Å². The van der Waals surface area contributed by atoms with Crippen molar-refractivity contribution in [2.75, 3.05) is 29.8 Å². The summed E-state index contributed by atoms with van der Waals surface area (Å²) in [5.41, 5.74) is 4.08. The van der Waals surface area contributed by atoms with Crippen LogP contribution < -0.4 is 25.0 Å². The predicted molar refractivity (Wildman–Crippen MR) is 148 cm³/mol. The first-order valence-corrected chi connectivity index (χ1v) is 12.5. The molecule has 196 valence electrons. The van der Waals surface area contributed by atoms with Crippen LogP contribution in [0.1, 0.15) is 35.3 Å². The number of anilines is 3. The van der Waals surface area contributed by atoms with Crippen LogP contribution in [0.5, 0.6) is 11.5 Å². The van der Waals surface area contributed by atoms with Crippen LogP contribution in [0.4, 0.5) is 17.1 Å². The highest BCUT2D eigenvalue weighted by Gasteiger charge is 2.40. The molecule has 3 aromatic carbocycles. The van der Waals surface area contributed by atoms with E-state index in [2.05, 4.69) is 10.6 Å². The second-order valence-corrected chi connectivity index (χ2v) is 8.87. The number of carbonyl (C=O) groups is 3. The highest BCUT2D eigenvalue weighted by atomic mass is 35.5. The van der Waals surface area contributed by atoms with E-state index in [9.17, 15) is 14.4 Å². The average molecular weight is 534 g/mol. The Labute approximate surface area is 226 Å². The molecule has 3 aromatic rings. The number of carbonyl (C=O) groups excluding carboxylic acids is 3. The van der Waals surface area contributed by atoms with Gasteiger partial charge in [0.05, 0.1) is 19.9 Å². The summed E-state index contributed by atoms with van der Waals surface area (Å²) in [5, 5.41) is 5.71. The number of nitrogens with zero attached hydrogens (tertiary/aromatic N) is 1. The molecular formula is C29H28ClN3O5. The maximum Gasteiger partial charge on any atom is 0.283 e. The van der Waals surface area contributed by atoms with Crippen LogP contribution in [-0.4, -0.2) is 31.9 Å². The van der Waals surface area contributed by atoms with Crippen LogP contribution in [-0.2, 0) is 22.4 Å². The lowest BCUT2D eigenvalue weighted by Crippen LogP contribution is -2.32. The number of hydrogen-bond acceptors (Lipinski definition) is 6. The largest absolute Gasteiger partial charge is 0.497 e. The van der Waals surface area contributed by atoms with E-state index >= 15 is 0 Å². The van der Waals surface area contributed by atoms with E-state index in [0.29, 0.717) is 17.0 Å². The second-order valence-electron chi connectivity index (χ2n) is 8.49. The number of halogens is 1. The summed E-state index contributed by atoms with van der Waals surface area (Å²) in [6, 6.07) is 17.3. The number of hydrogen-bond donors (Lipinski definition) is 2. The fourth-order valence-corrected chi connectivity index (χ4v) is 4.45. The molecule has 0 atom stereocenters. The third-order valence-corrected chi connectivity index (χ3v) is 6.66. The average Bonchev–Trinajstić information content (AvgIpc) is 3.15. The van der Waals surface area contributed by atoms with Crippen LogP contribution in [0.15, 0.2) is 71.4 Å². The lowest BCUT2D eigenvalue weighted by molar-refractivity contribution is -0.120. The van der Waals surface area contributed by atoms with Crippen molar-refractivity contribution in [3.05, 3.63) is 88.1 Å². The van der Waals surface area contributed by atoms with Crippen LogP contribution in [0.3, 0.4) is 0 Å². The number of amides is 3. The van der Waals surface area contributed by atoms with Gasteiger partial charge < -0.3 is 20.1 Å². The zero-order valence-corrected chi connectivity index (χ0v) is 22.3. The van der Waals surface area contributed by atoms with Gasteiger partial charge in [0, 0.05) is 23.0 Å². The van der Waals surface area contributed by atoms with Crippen molar-refractivity contribution >= 4 is 46.4 Å². The topological polar surface area (TPSA) is 97.0 Å². The Bertz CT molecular complexity index is 1410. The molecule has 1 heterocycles. The molecule has 0 aromatic heterocycles. The highest BCUT2D eigenvalue weighted by molar-refractivity contribution is 6.53. The van der Waals surface area contributed by atoms with Gasteiger partial charge in [-0.15, -0.1) is 0 Å². The number of rotatable bonds is 9. The molecule has 0 spiro atoms. The molecule has 1 aliphatic heterocycles. The number of ether oxygens (including phenoxy) is 2. The minimum atomic E-state index is -0.681. The van der Waals surface area contributed by atoms with Gasteiger partial charge in [-0.25, -0.2) is 4.90 Å². The molecule has 38 heavy (non-hydrogen) atoms. The number of imide groups is 1. The quantitative estimate of drug-likeness (QED) is 0.352. The van der Waals surface area contributed by atoms with E-state index in [4.69, 9.17) is 21.1 Å². The Kier molecular flexibility index (Phi) is 8.02. The Morgan fingerprint density at radius 1 is 0.895 bits per heavy atom. The van der Waals surface area contributed by atoms with Gasteiger partial charge in [0.1, 0.15) is 22.2 Å². The summed E-state index contributed by atoms with van der Waals surface area (Å²) in [6.45, 7) is 4.09. The molecule has 3 amide bonds. The molecule has 2 N–H and O–H groups in total. The smallest absolute Gasteiger partial charge is 0.283 e. The van der Waals surface area contributed by atoms with Crippen molar-refractivity contribution in [1.82, 2.24) is 0 Å². The number of para-hydroxylation sites is 1. The van der Waals surface area contributed by atoms with Gasteiger partial charge in [-0.2, -0.15) is 0 Å². The van der Waals surface area contributed by atoms with E-state index < -0.39 is 11.8 Å². The maximum absolute atomic E-state index is 13.2. The summed E-state index contributed by atoms with van der Waals surface area (Å²) >= 11 is 6.28. The number of methoxy groups -OCH3 is 2. The molecule has 0 saturated carbocycles. The summed E-state index contributed by atoms with van der Waals surface area (Å²) in [4.78, 5) is 40.0. The van der Waals surface area contributed by atoms with Crippen molar-refractivity contribution in [3.8, 4) is 11.5 Å². The lowest BCUT2D eigenvalue weighted by atomic mass is 10.0. The molecule has 0 unspecified atom stereocenters. The predicted octanol–water partition coefficient (Wildman–Crippen LogP) is 5.52. The second kappa shape index (κ2) is 11.4. The van der Waals surface area contributed by atoms with Gasteiger partial charge in [0.15, 0.2) is 0 Å².